The predicted octanol–water partition coefficient (Wildman–Crippen LogP) is 3.74. The Morgan fingerprint density at radius 2 is 2.05 bits per heavy atom. The van der Waals surface area contributed by atoms with Crippen molar-refractivity contribution in [2.45, 2.75) is 13.8 Å². The number of anilines is 1. The Morgan fingerprint density at radius 1 is 1.27 bits per heavy atom. The van der Waals surface area contributed by atoms with Crippen LogP contribution >= 0.6 is 0 Å². The van der Waals surface area contributed by atoms with E-state index in [0.717, 1.165) is 5.69 Å². The molecule has 3 rings (SSSR count). The number of aromatic nitrogens is 2. The van der Waals surface area contributed by atoms with Gasteiger partial charge in [0.1, 0.15) is 17.3 Å². The molecule has 0 radical (unpaired) electrons. The van der Waals surface area contributed by atoms with Crippen LogP contribution < -0.4 is 5.32 Å². The van der Waals surface area contributed by atoms with E-state index in [9.17, 15) is 9.18 Å². The number of benzene rings is 1. The first-order valence-electron chi connectivity index (χ1n) is 6.73. The lowest BCUT2D eigenvalue weighted by molar-refractivity contribution is -0.114. The Kier molecular flexibility index (Phi) is 3.50. The van der Waals surface area contributed by atoms with E-state index < -0.39 is 0 Å². The minimum absolute atomic E-state index is 0.208. The third-order valence-electron chi connectivity index (χ3n) is 3.13. The molecule has 0 fully saturated rings. The molecule has 6 heteroatoms. The number of nitrogens with one attached hydrogen (secondary N) is 2. The minimum Gasteiger partial charge on any atom is -0.454 e. The van der Waals surface area contributed by atoms with Gasteiger partial charge >= 0.3 is 0 Å². The Balaban J connectivity index is 1.94. The molecule has 0 aliphatic rings. The summed E-state index contributed by atoms with van der Waals surface area (Å²) < 4.78 is 19.0. The standard InChI is InChI=1S/C16H14FN3O2/c1-9-15(20-16(18-9)19-10(2)21)14-7-6-13(22-14)11-4-3-5-12(17)8-11/h3-8H,1-2H3,(H2,18,19,20,21). The molecule has 0 saturated heterocycles. The average Bonchev–Trinajstić information content (AvgIpc) is 3.05. The summed E-state index contributed by atoms with van der Waals surface area (Å²) in [6.07, 6.45) is 0. The predicted molar refractivity (Wildman–Crippen MR) is 80.7 cm³/mol. The number of nitrogens with zero attached hydrogens (tertiary/aromatic N) is 1. The third-order valence-corrected chi connectivity index (χ3v) is 3.13. The number of hydrogen-bond donors (Lipinski definition) is 2. The fraction of sp³-hybridized carbons (Fsp3) is 0.125. The van der Waals surface area contributed by atoms with Crippen molar-refractivity contribution in [3.8, 4) is 22.8 Å². The molecule has 0 saturated carbocycles. The van der Waals surface area contributed by atoms with Crippen molar-refractivity contribution in [2.75, 3.05) is 5.32 Å². The van der Waals surface area contributed by atoms with Crippen LogP contribution in [0.5, 0.6) is 0 Å². The molecule has 2 aromatic heterocycles. The lowest BCUT2D eigenvalue weighted by atomic mass is 10.2. The number of rotatable bonds is 3. The van der Waals surface area contributed by atoms with Crippen molar-refractivity contribution in [2.24, 2.45) is 0 Å². The zero-order chi connectivity index (χ0) is 15.7. The molecule has 0 spiro atoms. The first-order valence-corrected chi connectivity index (χ1v) is 6.73. The van der Waals surface area contributed by atoms with Crippen LogP contribution in [-0.2, 0) is 4.79 Å². The average molecular weight is 299 g/mol. The van der Waals surface area contributed by atoms with Crippen molar-refractivity contribution in [3.05, 3.63) is 47.9 Å². The molecule has 112 valence electrons. The molecule has 1 amide bonds. The summed E-state index contributed by atoms with van der Waals surface area (Å²) in [6.45, 7) is 3.24. The van der Waals surface area contributed by atoms with Gasteiger partial charge in [-0.3, -0.25) is 10.1 Å². The lowest BCUT2D eigenvalue weighted by Crippen LogP contribution is -2.06. The summed E-state index contributed by atoms with van der Waals surface area (Å²) >= 11 is 0. The highest BCUT2D eigenvalue weighted by molar-refractivity contribution is 5.87. The highest BCUT2D eigenvalue weighted by Gasteiger charge is 2.14. The topological polar surface area (TPSA) is 70.9 Å². The summed E-state index contributed by atoms with van der Waals surface area (Å²) in [6, 6.07) is 9.71. The highest BCUT2D eigenvalue weighted by Crippen LogP contribution is 2.30. The smallest absolute Gasteiger partial charge is 0.223 e. The Hall–Kier alpha value is -2.89. The van der Waals surface area contributed by atoms with E-state index in [2.05, 4.69) is 15.3 Å². The molecular formula is C16H14FN3O2. The number of imidazole rings is 1. The Bertz CT molecular complexity index is 836. The number of H-pyrrole nitrogens is 1. The lowest BCUT2D eigenvalue weighted by Gasteiger charge is -1.97. The molecule has 1 aromatic carbocycles. The fourth-order valence-corrected chi connectivity index (χ4v) is 2.19. The van der Waals surface area contributed by atoms with E-state index in [-0.39, 0.29) is 11.7 Å². The zero-order valence-corrected chi connectivity index (χ0v) is 12.1. The van der Waals surface area contributed by atoms with Crippen molar-refractivity contribution < 1.29 is 13.6 Å². The maximum atomic E-state index is 13.3. The number of halogens is 1. The number of carbonyl (C=O) groups is 1. The van der Waals surface area contributed by atoms with E-state index in [4.69, 9.17) is 4.42 Å². The van der Waals surface area contributed by atoms with Gasteiger partial charge in [-0.2, -0.15) is 0 Å². The number of furan rings is 1. The third kappa shape index (κ3) is 2.76. The molecule has 0 unspecified atom stereocenters. The van der Waals surface area contributed by atoms with Crippen molar-refractivity contribution in [3.63, 3.8) is 0 Å². The largest absolute Gasteiger partial charge is 0.454 e. The quantitative estimate of drug-likeness (QED) is 0.774. The normalized spacial score (nSPS) is 10.7. The summed E-state index contributed by atoms with van der Waals surface area (Å²) in [5.41, 5.74) is 2.02. The molecule has 0 bridgehead atoms. The second kappa shape index (κ2) is 5.48. The van der Waals surface area contributed by atoms with Gasteiger partial charge in [-0.1, -0.05) is 12.1 Å². The maximum absolute atomic E-state index is 13.3. The van der Waals surface area contributed by atoms with Crippen LogP contribution in [0.4, 0.5) is 10.3 Å². The van der Waals surface area contributed by atoms with Gasteiger partial charge in [-0.05, 0) is 31.2 Å². The van der Waals surface area contributed by atoms with Gasteiger partial charge in [0.15, 0.2) is 5.76 Å². The van der Waals surface area contributed by atoms with E-state index in [1.807, 2.05) is 6.92 Å². The molecule has 22 heavy (non-hydrogen) atoms. The molecular weight excluding hydrogens is 285 g/mol. The minimum atomic E-state index is -0.320. The molecule has 5 nitrogen and oxygen atoms in total. The van der Waals surface area contributed by atoms with Gasteiger partial charge in [-0.15, -0.1) is 0 Å². The number of aryl methyl sites for hydroxylation is 1. The van der Waals surface area contributed by atoms with Crippen LogP contribution in [0.25, 0.3) is 22.8 Å². The Labute approximate surface area is 126 Å². The summed E-state index contributed by atoms with van der Waals surface area (Å²) in [4.78, 5) is 18.3. The molecule has 2 N–H and O–H groups in total. The SMILES string of the molecule is CC(=O)Nc1nc(-c2ccc(-c3cccc(F)c3)o2)c(C)[nH]1. The van der Waals surface area contributed by atoms with Crippen molar-refractivity contribution in [1.29, 1.82) is 0 Å². The summed E-state index contributed by atoms with van der Waals surface area (Å²) in [7, 11) is 0. The van der Waals surface area contributed by atoms with Gasteiger partial charge in [-0.25, -0.2) is 9.37 Å². The van der Waals surface area contributed by atoms with Crippen molar-refractivity contribution >= 4 is 11.9 Å². The van der Waals surface area contributed by atoms with Crippen molar-refractivity contribution in [1.82, 2.24) is 9.97 Å². The molecule has 2 heterocycles. The van der Waals surface area contributed by atoms with Gasteiger partial charge in [0.25, 0.3) is 0 Å². The number of aromatic amines is 1. The van der Waals surface area contributed by atoms with Crippen LogP contribution in [0.15, 0.2) is 40.8 Å². The first-order chi connectivity index (χ1) is 10.5. The highest BCUT2D eigenvalue weighted by atomic mass is 19.1. The monoisotopic (exact) mass is 299 g/mol. The van der Waals surface area contributed by atoms with Crippen LogP contribution in [0.1, 0.15) is 12.6 Å². The van der Waals surface area contributed by atoms with Gasteiger partial charge < -0.3 is 9.40 Å². The fourth-order valence-electron chi connectivity index (χ4n) is 2.19. The van der Waals surface area contributed by atoms with E-state index in [0.29, 0.717) is 28.7 Å². The van der Waals surface area contributed by atoms with Gasteiger partial charge in [0.05, 0.1) is 0 Å². The second-order valence-corrected chi connectivity index (χ2v) is 4.91. The van der Waals surface area contributed by atoms with E-state index in [1.165, 1.54) is 19.1 Å². The van der Waals surface area contributed by atoms with Crippen LogP contribution in [0.2, 0.25) is 0 Å². The van der Waals surface area contributed by atoms with Crippen LogP contribution in [0, 0.1) is 12.7 Å². The second-order valence-electron chi connectivity index (χ2n) is 4.91. The number of carbonyl (C=O) groups excluding carboxylic acids is 1. The molecule has 0 atom stereocenters. The first kappa shape index (κ1) is 14.1. The number of hydrogen-bond acceptors (Lipinski definition) is 3. The zero-order valence-electron chi connectivity index (χ0n) is 12.1. The van der Waals surface area contributed by atoms with Gasteiger partial charge in [0.2, 0.25) is 11.9 Å². The van der Waals surface area contributed by atoms with Crippen LogP contribution in [-0.4, -0.2) is 15.9 Å². The molecule has 3 aromatic rings. The number of amides is 1. The van der Waals surface area contributed by atoms with E-state index in [1.54, 1.807) is 24.3 Å². The Morgan fingerprint density at radius 3 is 2.77 bits per heavy atom. The molecule has 0 aliphatic heterocycles. The van der Waals surface area contributed by atoms with Crippen LogP contribution in [0.3, 0.4) is 0 Å². The maximum Gasteiger partial charge on any atom is 0.223 e. The van der Waals surface area contributed by atoms with Gasteiger partial charge in [0, 0.05) is 18.2 Å². The summed E-state index contributed by atoms with van der Waals surface area (Å²) in [5.74, 6) is 0.936. The summed E-state index contributed by atoms with van der Waals surface area (Å²) in [5, 5.41) is 2.58. The molecule has 0 aliphatic carbocycles. The van der Waals surface area contributed by atoms with E-state index >= 15 is 0 Å².